The molecule has 0 unspecified atom stereocenters. The summed E-state index contributed by atoms with van der Waals surface area (Å²) in [6, 6.07) is 25.8. The summed E-state index contributed by atoms with van der Waals surface area (Å²) in [5, 5.41) is 24.2. The van der Waals surface area contributed by atoms with Crippen LogP contribution in [-0.4, -0.2) is 34.9 Å². The lowest BCUT2D eigenvalue weighted by atomic mass is 9.72. The normalized spacial score (nSPS) is 16.7. The molecule has 3 aromatic carbocycles. The number of nitrogens with one attached hydrogen (secondary N) is 1. The van der Waals surface area contributed by atoms with Crippen molar-refractivity contribution in [2.45, 2.75) is 37.8 Å². The van der Waals surface area contributed by atoms with Gasteiger partial charge in [-0.1, -0.05) is 97.9 Å². The highest BCUT2D eigenvalue weighted by Gasteiger charge is 2.45. The molecule has 3 atom stereocenters. The van der Waals surface area contributed by atoms with Crippen LogP contribution in [0, 0.1) is 5.92 Å². The molecule has 4 heteroatoms. The van der Waals surface area contributed by atoms with Crippen molar-refractivity contribution in [3.05, 3.63) is 108 Å². The molecular weight excluding hydrogens is 410 g/mol. The summed E-state index contributed by atoms with van der Waals surface area (Å²) in [7, 11) is 0. The first kappa shape index (κ1) is 23.0. The van der Waals surface area contributed by atoms with Crippen LogP contribution >= 0.6 is 0 Å². The van der Waals surface area contributed by atoms with E-state index in [2.05, 4.69) is 41.7 Å². The number of fused-ring (bicyclic) bond motifs is 3. The molecule has 0 aliphatic heterocycles. The monoisotopic (exact) mass is 441 g/mol. The molecule has 3 N–H and O–H groups in total. The Hall–Kier alpha value is -3.21. The number of rotatable bonds is 9. The summed E-state index contributed by atoms with van der Waals surface area (Å²) < 4.78 is 0. The Morgan fingerprint density at radius 3 is 2.03 bits per heavy atom. The van der Waals surface area contributed by atoms with Crippen molar-refractivity contribution < 1.29 is 15.0 Å². The van der Waals surface area contributed by atoms with Crippen molar-refractivity contribution in [2.75, 3.05) is 6.54 Å². The van der Waals surface area contributed by atoms with Crippen LogP contribution in [0.4, 0.5) is 0 Å². The van der Waals surface area contributed by atoms with E-state index in [0.29, 0.717) is 13.0 Å². The molecule has 0 aromatic heterocycles. The smallest absolute Gasteiger partial charge is 0.323 e. The van der Waals surface area contributed by atoms with Gasteiger partial charge in [0.1, 0.15) is 6.04 Å². The molecule has 1 aliphatic rings. The maximum Gasteiger partial charge on any atom is 0.323 e. The predicted molar refractivity (Wildman–Crippen MR) is 132 cm³/mol. The van der Waals surface area contributed by atoms with E-state index in [1.54, 1.807) is 0 Å². The molecule has 0 fully saturated rings. The summed E-state index contributed by atoms with van der Waals surface area (Å²) in [4.78, 5) is 12.2. The van der Waals surface area contributed by atoms with Crippen molar-refractivity contribution in [1.29, 1.82) is 0 Å². The largest absolute Gasteiger partial charge is 0.480 e. The molecule has 1 aliphatic carbocycles. The fraction of sp³-hybridized carbons (Fsp3) is 0.276. The van der Waals surface area contributed by atoms with Crippen molar-refractivity contribution in [3.63, 3.8) is 0 Å². The average molecular weight is 442 g/mol. The minimum atomic E-state index is -1.08. The number of carbonyl (C=O) groups is 1. The van der Waals surface area contributed by atoms with Crippen molar-refractivity contribution in [1.82, 2.24) is 5.32 Å². The lowest BCUT2D eigenvalue weighted by molar-refractivity contribution is -0.143. The summed E-state index contributed by atoms with van der Waals surface area (Å²) in [6.45, 7) is 4.16. The fourth-order valence-electron chi connectivity index (χ4n) is 5.09. The molecule has 4 rings (SSSR count). The highest BCUT2D eigenvalue weighted by Crippen LogP contribution is 2.52. The second-order valence-electron chi connectivity index (χ2n) is 8.83. The van der Waals surface area contributed by atoms with Gasteiger partial charge in [-0.3, -0.25) is 4.79 Å². The van der Waals surface area contributed by atoms with E-state index in [1.807, 2.05) is 68.5 Å². The second-order valence-corrected chi connectivity index (χ2v) is 8.83. The minimum Gasteiger partial charge on any atom is -0.480 e. The van der Waals surface area contributed by atoms with Gasteiger partial charge in [0, 0.05) is 6.54 Å². The van der Waals surface area contributed by atoms with Gasteiger partial charge in [0.2, 0.25) is 0 Å². The molecule has 3 aromatic rings. The van der Waals surface area contributed by atoms with Crippen LogP contribution in [0.1, 0.15) is 37.0 Å². The standard InChI is InChI=1S/C29H31NO3/c1-3-4-12-20(2)27(31)26(28(32)33)30-19-29(21-13-6-5-7-14-21)24-17-10-8-15-22(24)23-16-9-11-18-25(23)29/h3-11,13-18,20,26-27,30-31H,12,19H2,1-2H3,(H,32,33)/b4-3-/t20-,26+,27-/m0/s1. The molecular formula is C29H31NO3. The number of carboxylic acid groups (broad SMARTS) is 1. The van der Waals surface area contributed by atoms with Gasteiger partial charge in [0.25, 0.3) is 0 Å². The quantitative estimate of drug-likeness (QED) is 0.409. The van der Waals surface area contributed by atoms with Crippen molar-refractivity contribution in [3.8, 4) is 11.1 Å². The average Bonchev–Trinajstić information content (AvgIpc) is 3.14. The van der Waals surface area contributed by atoms with Crippen LogP contribution in [0.15, 0.2) is 91.0 Å². The maximum atomic E-state index is 12.2. The predicted octanol–water partition coefficient (Wildman–Crippen LogP) is 5.01. The van der Waals surface area contributed by atoms with E-state index in [0.717, 1.165) is 27.8 Å². The lowest BCUT2D eigenvalue weighted by Gasteiger charge is -2.35. The highest BCUT2D eigenvalue weighted by atomic mass is 16.4. The topological polar surface area (TPSA) is 69.6 Å². The van der Waals surface area contributed by atoms with Gasteiger partial charge in [-0.25, -0.2) is 0 Å². The van der Waals surface area contributed by atoms with E-state index in [9.17, 15) is 15.0 Å². The van der Waals surface area contributed by atoms with Gasteiger partial charge in [-0.2, -0.15) is 0 Å². The first-order chi connectivity index (χ1) is 16.0. The third-order valence-corrected chi connectivity index (χ3v) is 6.85. The van der Waals surface area contributed by atoms with Gasteiger partial charge in [0.05, 0.1) is 11.5 Å². The summed E-state index contributed by atoms with van der Waals surface area (Å²) in [5.74, 6) is -1.23. The van der Waals surface area contributed by atoms with Gasteiger partial charge >= 0.3 is 5.97 Å². The molecule has 33 heavy (non-hydrogen) atoms. The molecule has 0 saturated carbocycles. The molecule has 170 valence electrons. The minimum absolute atomic E-state index is 0.189. The molecule has 0 saturated heterocycles. The van der Waals surface area contributed by atoms with Crippen LogP contribution in [-0.2, 0) is 10.2 Å². The Kier molecular flexibility index (Phi) is 6.77. The molecule has 0 amide bonds. The van der Waals surface area contributed by atoms with Gasteiger partial charge in [-0.05, 0) is 47.1 Å². The SMILES string of the molecule is C/C=C\C[C@H](C)[C@H](O)[C@@H](NCC1(c2ccccc2)c2ccccc2-c2ccccc21)C(=O)O. The molecule has 0 spiro atoms. The number of aliphatic carboxylic acids is 1. The van der Waals surface area contributed by atoms with Gasteiger partial charge in [-0.15, -0.1) is 0 Å². The van der Waals surface area contributed by atoms with Crippen molar-refractivity contribution in [2.24, 2.45) is 5.92 Å². The number of benzene rings is 3. The number of aliphatic hydroxyl groups excluding tert-OH is 1. The first-order valence-corrected chi connectivity index (χ1v) is 11.5. The summed E-state index contributed by atoms with van der Waals surface area (Å²) in [6.07, 6.45) is 3.49. The van der Waals surface area contributed by atoms with Crippen LogP contribution < -0.4 is 5.32 Å². The summed E-state index contributed by atoms with van der Waals surface area (Å²) in [5.41, 5.74) is 5.14. The Balaban J connectivity index is 1.78. The highest BCUT2D eigenvalue weighted by molar-refractivity contribution is 5.83. The first-order valence-electron chi connectivity index (χ1n) is 11.5. The maximum absolute atomic E-state index is 12.2. The number of carboxylic acids is 1. The Morgan fingerprint density at radius 1 is 0.939 bits per heavy atom. The molecule has 4 nitrogen and oxygen atoms in total. The van der Waals surface area contributed by atoms with Crippen LogP contribution in [0.5, 0.6) is 0 Å². The third kappa shape index (κ3) is 4.12. The van der Waals surface area contributed by atoms with E-state index >= 15 is 0 Å². The second kappa shape index (κ2) is 9.74. The molecule has 0 heterocycles. The number of aliphatic hydroxyl groups is 1. The molecule has 0 bridgehead atoms. The van der Waals surface area contributed by atoms with Crippen LogP contribution in [0.3, 0.4) is 0 Å². The Bertz CT molecular complexity index is 1090. The zero-order chi connectivity index (χ0) is 23.4. The lowest BCUT2D eigenvalue weighted by Crippen LogP contribution is -2.53. The number of hydrogen-bond donors (Lipinski definition) is 3. The van der Waals surface area contributed by atoms with Gasteiger partial charge < -0.3 is 15.5 Å². The van der Waals surface area contributed by atoms with E-state index < -0.39 is 23.5 Å². The molecule has 0 radical (unpaired) electrons. The number of hydrogen-bond acceptors (Lipinski definition) is 3. The summed E-state index contributed by atoms with van der Waals surface area (Å²) >= 11 is 0. The van der Waals surface area contributed by atoms with Gasteiger partial charge in [0.15, 0.2) is 0 Å². The fourth-order valence-corrected chi connectivity index (χ4v) is 5.09. The van der Waals surface area contributed by atoms with Crippen LogP contribution in [0.2, 0.25) is 0 Å². The number of allylic oxidation sites excluding steroid dienone is 2. The van der Waals surface area contributed by atoms with Crippen LogP contribution in [0.25, 0.3) is 11.1 Å². The Labute approximate surface area is 195 Å². The third-order valence-electron chi connectivity index (χ3n) is 6.85. The van der Waals surface area contributed by atoms with E-state index in [-0.39, 0.29) is 5.92 Å². The zero-order valence-corrected chi connectivity index (χ0v) is 19.1. The van der Waals surface area contributed by atoms with E-state index in [4.69, 9.17) is 0 Å². The Morgan fingerprint density at radius 2 is 1.48 bits per heavy atom. The van der Waals surface area contributed by atoms with Crippen molar-refractivity contribution >= 4 is 5.97 Å². The zero-order valence-electron chi connectivity index (χ0n) is 19.1. The van der Waals surface area contributed by atoms with E-state index in [1.165, 1.54) is 0 Å².